The lowest BCUT2D eigenvalue weighted by atomic mass is 10.1. The van der Waals surface area contributed by atoms with Crippen LogP contribution in [0.2, 0.25) is 0 Å². The predicted molar refractivity (Wildman–Crippen MR) is 64.1 cm³/mol. The van der Waals surface area contributed by atoms with E-state index < -0.39 is 0 Å². The van der Waals surface area contributed by atoms with Crippen LogP contribution in [-0.4, -0.2) is 6.61 Å². The Labute approximate surface area is 96.2 Å². The molecule has 84 valence electrons. The van der Waals surface area contributed by atoms with Crippen LogP contribution in [0.5, 0.6) is 5.75 Å². The minimum Gasteiger partial charge on any atom is -0.498 e. The van der Waals surface area contributed by atoms with Crippen LogP contribution in [0.25, 0.3) is 0 Å². The van der Waals surface area contributed by atoms with Crippen LogP contribution in [0.4, 0.5) is 0 Å². The molecule has 0 N–H and O–H groups in total. The van der Waals surface area contributed by atoms with Gasteiger partial charge >= 0.3 is 0 Å². The van der Waals surface area contributed by atoms with Crippen LogP contribution < -0.4 is 4.74 Å². The normalized spacial score (nSPS) is 15.1. The van der Waals surface area contributed by atoms with Gasteiger partial charge in [0.2, 0.25) is 0 Å². The first-order valence-corrected chi connectivity index (χ1v) is 5.64. The summed E-state index contributed by atoms with van der Waals surface area (Å²) in [6.07, 6.45) is 5.81. The van der Waals surface area contributed by atoms with Crippen molar-refractivity contribution < 1.29 is 9.47 Å². The SMILES string of the molecule is CCOC1=CC=C(Oc2ccccc2)CC1. The second kappa shape index (κ2) is 5.40. The van der Waals surface area contributed by atoms with Gasteiger partial charge in [-0.1, -0.05) is 18.2 Å². The second-order valence-corrected chi connectivity index (χ2v) is 3.61. The van der Waals surface area contributed by atoms with Crippen molar-refractivity contribution >= 4 is 0 Å². The predicted octanol–water partition coefficient (Wildman–Crippen LogP) is 3.66. The summed E-state index contributed by atoms with van der Waals surface area (Å²) in [5.74, 6) is 2.93. The molecule has 0 aliphatic heterocycles. The minimum absolute atomic E-state index is 0.731. The average Bonchev–Trinajstić information content (AvgIpc) is 2.33. The molecule has 0 aromatic heterocycles. The van der Waals surface area contributed by atoms with Crippen molar-refractivity contribution in [3.8, 4) is 5.75 Å². The largest absolute Gasteiger partial charge is 0.498 e. The molecule has 0 atom stereocenters. The van der Waals surface area contributed by atoms with E-state index in [1.165, 1.54) is 0 Å². The van der Waals surface area contributed by atoms with Crippen molar-refractivity contribution in [2.45, 2.75) is 19.8 Å². The van der Waals surface area contributed by atoms with Crippen molar-refractivity contribution in [2.75, 3.05) is 6.61 Å². The first kappa shape index (κ1) is 10.8. The first-order chi connectivity index (χ1) is 7.88. The highest BCUT2D eigenvalue weighted by molar-refractivity contribution is 5.26. The number of hydrogen-bond acceptors (Lipinski definition) is 2. The molecule has 0 bridgehead atoms. The van der Waals surface area contributed by atoms with E-state index in [0.717, 1.165) is 36.7 Å². The van der Waals surface area contributed by atoms with Crippen molar-refractivity contribution in [1.82, 2.24) is 0 Å². The third-order valence-corrected chi connectivity index (χ3v) is 2.39. The number of ether oxygens (including phenoxy) is 2. The molecule has 16 heavy (non-hydrogen) atoms. The maximum absolute atomic E-state index is 5.74. The van der Waals surface area contributed by atoms with Crippen LogP contribution in [0.3, 0.4) is 0 Å². The molecule has 1 aliphatic rings. The maximum atomic E-state index is 5.74. The molecule has 0 amide bonds. The molecule has 0 radical (unpaired) electrons. The van der Waals surface area contributed by atoms with Crippen molar-refractivity contribution in [3.05, 3.63) is 54.0 Å². The van der Waals surface area contributed by atoms with Crippen molar-refractivity contribution in [3.63, 3.8) is 0 Å². The van der Waals surface area contributed by atoms with E-state index in [1.807, 2.05) is 49.4 Å². The maximum Gasteiger partial charge on any atom is 0.126 e. The minimum atomic E-state index is 0.731. The Morgan fingerprint density at radius 1 is 1.00 bits per heavy atom. The summed E-state index contributed by atoms with van der Waals surface area (Å²) in [4.78, 5) is 0. The zero-order valence-corrected chi connectivity index (χ0v) is 9.48. The van der Waals surface area contributed by atoms with Crippen LogP contribution >= 0.6 is 0 Å². The lowest BCUT2D eigenvalue weighted by Gasteiger charge is -2.15. The Morgan fingerprint density at radius 3 is 2.31 bits per heavy atom. The molecule has 0 saturated heterocycles. The van der Waals surface area contributed by atoms with Gasteiger partial charge in [-0.15, -0.1) is 0 Å². The van der Waals surface area contributed by atoms with E-state index in [2.05, 4.69) is 0 Å². The summed E-state index contributed by atoms with van der Waals surface area (Å²) >= 11 is 0. The van der Waals surface area contributed by atoms with E-state index in [4.69, 9.17) is 9.47 Å². The van der Waals surface area contributed by atoms with Gasteiger partial charge in [0.15, 0.2) is 0 Å². The van der Waals surface area contributed by atoms with Gasteiger partial charge in [-0.05, 0) is 31.2 Å². The molecule has 2 nitrogen and oxygen atoms in total. The van der Waals surface area contributed by atoms with E-state index in [1.54, 1.807) is 0 Å². The monoisotopic (exact) mass is 216 g/mol. The third kappa shape index (κ3) is 2.89. The van der Waals surface area contributed by atoms with E-state index >= 15 is 0 Å². The first-order valence-electron chi connectivity index (χ1n) is 5.64. The van der Waals surface area contributed by atoms with Crippen molar-refractivity contribution in [2.24, 2.45) is 0 Å². The van der Waals surface area contributed by atoms with E-state index in [9.17, 15) is 0 Å². The molecule has 2 heteroatoms. The Balaban J connectivity index is 1.98. The quantitative estimate of drug-likeness (QED) is 0.764. The number of benzene rings is 1. The lowest BCUT2D eigenvalue weighted by Crippen LogP contribution is -2.02. The van der Waals surface area contributed by atoms with Crippen LogP contribution in [0, 0.1) is 0 Å². The summed E-state index contributed by atoms with van der Waals surface area (Å²) in [6, 6.07) is 9.85. The topological polar surface area (TPSA) is 18.5 Å². The molecule has 1 aromatic rings. The summed E-state index contributed by atoms with van der Waals surface area (Å²) < 4.78 is 11.2. The zero-order chi connectivity index (χ0) is 11.2. The summed E-state index contributed by atoms with van der Waals surface area (Å²) in [5, 5.41) is 0. The summed E-state index contributed by atoms with van der Waals surface area (Å²) in [5.41, 5.74) is 0. The number of rotatable bonds is 4. The molecule has 2 rings (SSSR count). The fraction of sp³-hybridized carbons (Fsp3) is 0.286. The summed E-state index contributed by atoms with van der Waals surface area (Å²) in [7, 11) is 0. The highest BCUT2D eigenvalue weighted by atomic mass is 16.5. The van der Waals surface area contributed by atoms with E-state index in [0.29, 0.717) is 0 Å². The fourth-order valence-electron chi connectivity index (χ4n) is 1.63. The van der Waals surface area contributed by atoms with Gasteiger partial charge in [-0.25, -0.2) is 0 Å². The smallest absolute Gasteiger partial charge is 0.126 e. The average molecular weight is 216 g/mol. The Kier molecular flexibility index (Phi) is 3.65. The molecule has 0 unspecified atom stereocenters. The van der Waals surface area contributed by atoms with Gasteiger partial charge in [0, 0.05) is 12.8 Å². The van der Waals surface area contributed by atoms with E-state index in [-0.39, 0.29) is 0 Å². The third-order valence-electron chi connectivity index (χ3n) is 2.39. The number of hydrogen-bond donors (Lipinski definition) is 0. The lowest BCUT2D eigenvalue weighted by molar-refractivity contribution is 0.213. The zero-order valence-electron chi connectivity index (χ0n) is 9.48. The Bertz CT molecular complexity index is 390. The molecule has 0 fully saturated rings. The number of allylic oxidation sites excluding steroid dienone is 4. The Morgan fingerprint density at radius 2 is 1.69 bits per heavy atom. The highest BCUT2D eigenvalue weighted by Crippen LogP contribution is 2.22. The van der Waals surface area contributed by atoms with Gasteiger partial charge in [-0.3, -0.25) is 0 Å². The molecular formula is C14H16O2. The molecule has 0 heterocycles. The highest BCUT2D eigenvalue weighted by Gasteiger charge is 2.08. The van der Waals surface area contributed by atoms with Gasteiger partial charge in [0.1, 0.15) is 11.5 Å². The summed E-state index contributed by atoms with van der Waals surface area (Å²) in [6.45, 7) is 2.73. The molecular weight excluding hydrogens is 200 g/mol. The molecule has 1 aliphatic carbocycles. The van der Waals surface area contributed by atoms with Crippen LogP contribution in [0.15, 0.2) is 54.0 Å². The van der Waals surface area contributed by atoms with Gasteiger partial charge in [0.05, 0.1) is 12.4 Å². The van der Waals surface area contributed by atoms with Gasteiger partial charge < -0.3 is 9.47 Å². The van der Waals surface area contributed by atoms with Gasteiger partial charge in [0.25, 0.3) is 0 Å². The fourth-order valence-corrected chi connectivity index (χ4v) is 1.63. The molecule has 0 saturated carbocycles. The van der Waals surface area contributed by atoms with Crippen LogP contribution in [-0.2, 0) is 4.74 Å². The van der Waals surface area contributed by atoms with Crippen molar-refractivity contribution in [1.29, 1.82) is 0 Å². The Hall–Kier alpha value is -1.70. The molecule has 1 aromatic carbocycles. The van der Waals surface area contributed by atoms with Crippen LogP contribution in [0.1, 0.15) is 19.8 Å². The van der Waals surface area contributed by atoms with Gasteiger partial charge in [-0.2, -0.15) is 0 Å². The molecule has 0 spiro atoms. The standard InChI is InChI=1S/C14H16O2/c1-2-15-12-8-10-14(11-9-12)16-13-6-4-3-5-7-13/h3-8,10H,2,9,11H2,1H3. The second-order valence-electron chi connectivity index (χ2n) is 3.61. The number of para-hydroxylation sites is 1.